The number of hydrogen-bond acceptors (Lipinski definition) is 2. The van der Waals surface area contributed by atoms with E-state index in [-0.39, 0.29) is 0 Å². The first kappa shape index (κ1) is 13.3. The van der Waals surface area contributed by atoms with E-state index < -0.39 is 0 Å². The van der Waals surface area contributed by atoms with E-state index in [0.29, 0.717) is 5.92 Å². The van der Waals surface area contributed by atoms with Crippen LogP contribution in [0.2, 0.25) is 0 Å². The highest BCUT2D eigenvalue weighted by Crippen LogP contribution is 2.42. The highest BCUT2D eigenvalue weighted by Gasteiger charge is 2.28. The molecule has 1 aromatic carbocycles. The SMILES string of the molecule is CCCCCC(C)C1CNc2c(OC)cccc21. The summed E-state index contributed by atoms with van der Waals surface area (Å²) in [4.78, 5) is 0. The molecule has 1 aliphatic heterocycles. The number of methoxy groups -OCH3 is 1. The second kappa shape index (κ2) is 6.12. The number of ether oxygens (including phenoxy) is 1. The Morgan fingerprint density at radius 2 is 2.22 bits per heavy atom. The molecule has 2 unspecified atom stereocenters. The Kier molecular flexibility index (Phi) is 4.51. The summed E-state index contributed by atoms with van der Waals surface area (Å²) in [7, 11) is 1.75. The van der Waals surface area contributed by atoms with Crippen LogP contribution < -0.4 is 10.1 Å². The Bertz CT molecular complexity index is 389. The maximum atomic E-state index is 5.42. The molecule has 0 radical (unpaired) electrons. The Balaban J connectivity index is 2.06. The zero-order valence-corrected chi connectivity index (χ0v) is 11.8. The van der Waals surface area contributed by atoms with Crippen LogP contribution in [0.4, 0.5) is 5.69 Å². The molecule has 2 rings (SSSR count). The molecule has 0 bridgehead atoms. The Labute approximate surface area is 111 Å². The number of benzene rings is 1. The number of fused-ring (bicyclic) bond motifs is 1. The van der Waals surface area contributed by atoms with Crippen LogP contribution in [0.15, 0.2) is 18.2 Å². The third-order valence-corrected chi connectivity index (χ3v) is 4.13. The molecule has 1 aliphatic rings. The average molecular weight is 247 g/mol. The predicted molar refractivity (Wildman–Crippen MR) is 77.5 cm³/mol. The van der Waals surface area contributed by atoms with Gasteiger partial charge in [0.25, 0.3) is 0 Å². The van der Waals surface area contributed by atoms with Gasteiger partial charge < -0.3 is 10.1 Å². The molecule has 0 amide bonds. The molecule has 0 fully saturated rings. The van der Waals surface area contributed by atoms with Crippen molar-refractivity contribution in [1.29, 1.82) is 0 Å². The molecule has 1 heterocycles. The minimum atomic E-state index is 0.645. The minimum Gasteiger partial charge on any atom is -0.495 e. The summed E-state index contributed by atoms with van der Waals surface area (Å²) >= 11 is 0. The fourth-order valence-electron chi connectivity index (χ4n) is 2.96. The van der Waals surface area contributed by atoms with Crippen molar-refractivity contribution in [3.05, 3.63) is 23.8 Å². The van der Waals surface area contributed by atoms with Gasteiger partial charge in [0.1, 0.15) is 5.75 Å². The largest absolute Gasteiger partial charge is 0.495 e. The van der Waals surface area contributed by atoms with E-state index in [4.69, 9.17) is 4.74 Å². The van der Waals surface area contributed by atoms with Crippen LogP contribution in [0.1, 0.15) is 51.0 Å². The fourth-order valence-corrected chi connectivity index (χ4v) is 2.96. The van der Waals surface area contributed by atoms with Crippen LogP contribution in [-0.4, -0.2) is 13.7 Å². The monoisotopic (exact) mass is 247 g/mol. The van der Waals surface area contributed by atoms with E-state index in [9.17, 15) is 0 Å². The Hall–Kier alpha value is -1.18. The van der Waals surface area contributed by atoms with E-state index in [1.54, 1.807) is 7.11 Å². The van der Waals surface area contributed by atoms with Gasteiger partial charge in [-0.1, -0.05) is 51.7 Å². The van der Waals surface area contributed by atoms with Crippen molar-refractivity contribution in [3.8, 4) is 5.75 Å². The van der Waals surface area contributed by atoms with Crippen molar-refractivity contribution in [2.45, 2.75) is 45.4 Å². The quantitative estimate of drug-likeness (QED) is 0.751. The third kappa shape index (κ3) is 2.63. The van der Waals surface area contributed by atoms with Gasteiger partial charge in [-0.2, -0.15) is 0 Å². The lowest BCUT2D eigenvalue weighted by molar-refractivity contribution is 0.415. The zero-order valence-electron chi connectivity index (χ0n) is 11.8. The summed E-state index contributed by atoms with van der Waals surface area (Å²) in [6, 6.07) is 6.39. The van der Waals surface area contributed by atoms with Crippen LogP contribution >= 0.6 is 0 Å². The first-order valence-corrected chi connectivity index (χ1v) is 7.18. The summed E-state index contributed by atoms with van der Waals surface area (Å²) in [6.45, 7) is 5.71. The molecule has 0 aliphatic carbocycles. The molecule has 0 saturated heterocycles. The summed E-state index contributed by atoms with van der Waals surface area (Å²) in [5.74, 6) is 2.38. The zero-order chi connectivity index (χ0) is 13.0. The van der Waals surface area contributed by atoms with Crippen molar-refractivity contribution < 1.29 is 4.74 Å². The molecule has 2 heteroatoms. The van der Waals surface area contributed by atoms with Crippen LogP contribution in [0.25, 0.3) is 0 Å². The minimum absolute atomic E-state index is 0.645. The van der Waals surface area contributed by atoms with Crippen molar-refractivity contribution in [2.24, 2.45) is 5.92 Å². The maximum absolute atomic E-state index is 5.42. The average Bonchev–Trinajstić information content (AvgIpc) is 2.82. The molecule has 18 heavy (non-hydrogen) atoms. The lowest BCUT2D eigenvalue weighted by atomic mass is 9.85. The number of nitrogens with one attached hydrogen (secondary N) is 1. The van der Waals surface area contributed by atoms with Crippen LogP contribution in [0.3, 0.4) is 0 Å². The van der Waals surface area contributed by atoms with Gasteiger partial charge in [-0.25, -0.2) is 0 Å². The van der Waals surface area contributed by atoms with E-state index >= 15 is 0 Å². The van der Waals surface area contributed by atoms with Gasteiger partial charge in [0, 0.05) is 12.5 Å². The second-order valence-corrected chi connectivity index (χ2v) is 5.38. The smallest absolute Gasteiger partial charge is 0.142 e. The molecule has 1 N–H and O–H groups in total. The van der Waals surface area contributed by atoms with Crippen LogP contribution in [0.5, 0.6) is 5.75 Å². The van der Waals surface area contributed by atoms with Gasteiger partial charge in [-0.05, 0) is 17.5 Å². The van der Waals surface area contributed by atoms with E-state index in [1.807, 2.05) is 6.07 Å². The molecule has 100 valence electrons. The summed E-state index contributed by atoms with van der Waals surface area (Å²) in [5, 5.41) is 3.52. The lowest BCUT2D eigenvalue weighted by Crippen LogP contribution is -2.12. The first-order chi connectivity index (χ1) is 8.77. The van der Waals surface area contributed by atoms with Gasteiger partial charge in [-0.3, -0.25) is 0 Å². The standard InChI is InChI=1S/C16H25NO/c1-4-5-6-8-12(2)14-11-17-16-13(14)9-7-10-15(16)18-3/h7,9-10,12,14,17H,4-6,8,11H2,1-3H3. The molecule has 2 nitrogen and oxygen atoms in total. The first-order valence-electron chi connectivity index (χ1n) is 7.18. The molecule has 0 saturated carbocycles. The summed E-state index contributed by atoms with van der Waals surface area (Å²) in [6.07, 6.45) is 5.35. The normalized spacial score (nSPS) is 19.2. The molecule has 0 spiro atoms. The number of hydrogen-bond donors (Lipinski definition) is 1. The van der Waals surface area contributed by atoms with Gasteiger partial charge >= 0.3 is 0 Å². The van der Waals surface area contributed by atoms with Crippen molar-refractivity contribution in [1.82, 2.24) is 0 Å². The molecule has 2 atom stereocenters. The third-order valence-electron chi connectivity index (χ3n) is 4.13. The number of rotatable bonds is 6. The van der Waals surface area contributed by atoms with E-state index in [1.165, 1.54) is 36.9 Å². The van der Waals surface area contributed by atoms with Gasteiger partial charge in [-0.15, -0.1) is 0 Å². The van der Waals surface area contributed by atoms with Gasteiger partial charge in [0.05, 0.1) is 12.8 Å². The van der Waals surface area contributed by atoms with E-state index in [2.05, 4.69) is 31.3 Å². The second-order valence-electron chi connectivity index (χ2n) is 5.38. The Morgan fingerprint density at radius 1 is 1.39 bits per heavy atom. The highest BCUT2D eigenvalue weighted by molar-refractivity contribution is 5.66. The van der Waals surface area contributed by atoms with Gasteiger partial charge in [0.2, 0.25) is 0 Å². The molecule has 1 aromatic rings. The fraction of sp³-hybridized carbons (Fsp3) is 0.625. The Morgan fingerprint density at radius 3 is 2.94 bits per heavy atom. The van der Waals surface area contributed by atoms with Crippen LogP contribution in [-0.2, 0) is 0 Å². The maximum Gasteiger partial charge on any atom is 0.142 e. The van der Waals surface area contributed by atoms with Crippen molar-refractivity contribution in [3.63, 3.8) is 0 Å². The summed E-state index contributed by atoms with van der Waals surface area (Å²) in [5.41, 5.74) is 2.66. The van der Waals surface area contributed by atoms with Crippen molar-refractivity contribution in [2.75, 3.05) is 19.0 Å². The topological polar surface area (TPSA) is 21.3 Å². The predicted octanol–water partition coefficient (Wildman–Crippen LogP) is 4.42. The molecular formula is C16H25NO. The lowest BCUT2D eigenvalue weighted by Gasteiger charge is -2.19. The number of unbranched alkanes of at least 4 members (excludes halogenated alkanes) is 2. The van der Waals surface area contributed by atoms with Crippen LogP contribution in [0, 0.1) is 5.92 Å². The summed E-state index contributed by atoms with van der Waals surface area (Å²) < 4.78 is 5.42. The van der Waals surface area contributed by atoms with E-state index in [0.717, 1.165) is 18.2 Å². The number of para-hydroxylation sites is 1. The number of anilines is 1. The van der Waals surface area contributed by atoms with Crippen molar-refractivity contribution >= 4 is 5.69 Å². The highest BCUT2D eigenvalue weighted by atomic mass is 16.5. The van der Waals surface area contributed by atoms with Gasteiger partial charge in [0.15, 0.2) is 0 Å². The molecular weight excluding hydrogens is 222 g/mol. The molecule has 0 aromatic heterocycles.